The van der Waals surface area contributed by atoms with Gasteiger partial charge in [0, 0.05) is 21.2 Å². The predicted molar refractivity (Wildman–Crippen MR) is 129 cm³/mol. The second-order valence-corrected chi connectivity index (χ2v) is 8.93. The second kappa shape index (κ2) is 9.23. The molecule has 1 aliphatic rings. The van der Waals surface area contributed by atoms with Gasteiger partial charge in [-0.15, -0.1) is 0 Å². The summed E-state index contributed by atoms with van der Waals surface area (Å²) in [4.78, 5) is 15.1. The summed E-state index contributed by atoms with van der Waals surface area (Å²) in [5.41, 5.74) is 2.37. The highest BCUT2D eigenvalue weighted by atomic mass is 35.5. The number of benzene rings is 3. The Labute approximate surface area is 194 Å². The third kappa shape index (κ3) is 4.55. The van der Waals surface area contributed by atoms with Gasteiger partial charge in [0.2, 0.25) is 0 Å². The number of halogens is 2. The van der Waals surface area contributed by atoms with Crippen molar-refractivity contribution in [3.05, 3.63) is 98.9 Å². The van der Waals surface area contributed by atoms with E-state index in [0.29, 0.717) is 25.0 Å². The Balaban J connectivity index is 1.57. The van der Waals surface area contributed by atoms with Crippen LogP contribution in [0, 0.1) is 0 Å². The van der Waals surface area contributed by atoms with Gasteiger partial charge in [0.25, 0.3) is 5.91 Å². The number of thiocarbonyl (C=S) groups is 1. The van der Waals surface area contributed by atoms with Crippen molar-refractivity contribution < 1.29 is 9.53 Å². The number of ether oxygens (including phenoxy) is 1. The highest BCUT2D eigenvalue weighted by Crippen LogP contribution is 2.37. The zero-order valence-electron chi connectivity index (χ0n) is 15.5. The summed E-state index contributed by atoms with van der Waals surface area (Å²) in [5, 5.41) is 1.12. The molecular weight excluding hydrogens is 457 g/mol. The largest absolute Gasteiger partial charge is 0.488 e. The molecule has 7 heteroatoms. The zero-order chi connectivity index (χ0) is 21.1. The molecule has 1 amide bonds. The highest BCUT2D eigenvalue weighted by molar-refractivity contribution is 8.27. The van der Waals surface area contributed by atoms with Crippen LogP contribution < -0.4 is 9.64 Å². The number of carbonyl (C=O) groups is 1. The topological polar surface area (TPSA) is 29.5 Å². The van der Waals surface area contributed by atoms with Crippen LogP contribution >= 0.6 is 47.2 Å². The normalized spacial score (nSPS) is 15.1. The van der Waals surface area contributed by atoms with E-state index >= 15 is 0 Å². The van der Waals surface area contributed by atoms with Crippen molar-refractivity contribution in [3.8, 4) is 5.75 Å². The summed E-state index contributed by atoms with van der Waals surface area (Å²) in [6.45, 7) is 0.284. The lowest BCUT2D eigenvalue weighted by atomic mass is 10.1. The van der Waals surface area contributed by atoms with E-state index < -0.39 is 0 Å². The molecule has 1 heterocycles. The zero-order valence-corrected chi connectivity index (χ0v) is 18.7. The summed E-state index contributed by atoms with van der Waals surface area (Å²) in [5.74, 6) is 0.500. The van der Waals surface area contributed by atoms with Crippen molar-refractivity contribution in [2.45, 2.75) is 6.61 Å². The Morgan fingerprint density at radius 2 is 1.73 bits per heavy atom. The van der Waals surface area contributed by atoms with Crippen LogP contribution in [0.1, 0.15) is 11.1 Å². The number of hydrogen-bond acceptors (Lipinski definition) is 4. The molecule has 4 rings (SSSR count). The summed E-state index contributed by atoms with van der Waals surface area (Å²) in [7, 11) is 0. The molecule has 3 aromatic rings. The number of nitrogens with zero attached hydrogens (tertiary/aromatic N) is 1. The van der Waals surface area contributed by atoms with Crippen LogP contribution in [0.15, 0.2) is 77.7 Å². The fourth-order valence-corrected chi connectivity index (χ4v) is 4.69. The molecule has 0 saturated carbocycles. The number of rotatable bonds is 5. The molecule has 3 aromatic carbocycles. The average molecular weight is 472 g/mol. The predicted octanol–water partition coefficient (Wildman–Crippen LogP) is 6.98. The van der Waals surface area contributed by atoms with E-state index in [4.69, 9.17) is 40.2 Å². The van der Waals surface area contributed by atoms with Crippen molar-refractivity contribution in [2.75, 3.05) is 4.90 Å². The van der Waals surface area contributed by atoms with Gasteiger partial charge in [0.15, 0.2) is 4.32 Å². The lowest BCUT2D eigenvalue weighted by molar-refractivity contribution is -0.113. The first kappa shape index (κ1) is 20.9. The van der Waals surface area contributed by atoms with E-state index in [-0.39, 0.29) is 12.5 Å². The lowest BCUT2D eigenvalue weighted by Gasteiger charge is -2.14. The van der Waals surface area contributed by atoms with Gasteiger partial charge in [0.1, 0.15) is 12.4 Å². The third-order valence-corrected chi connectivity index (χ3v) is 6.30. The van der Waals surface area contributed by atoms with Crippen LogP contribution in [-0.4, -0.2) is 10.2 Å². The quantitative estimate of drug-likeness (QED) is 0.296. The molecule has 150 valence electrons. The Morgan fingerprint density at radius 1 is 1.00 bits per heavy atom. The Morgan fingerprint density at radius 3 is 2.50 bits per heavy atom. The summed E-state index contributed by atoms with van der Waals surface area (Å²) >= 11 is 18.9. The fourth-order valence-electron chi connectivity index (χ4n) is 2.93. The van der Waals surface area contributed by atoms with Gasteiger partial charge >= 0.3 is 0 Å². The van der Waals surface area contributed by atoms with E-state index in [9.17, 15) is 4.79 Å². The SMILES string of the molecule is O=C1/C(=C/c2ccccc2OCc2ccc(Cl)cc2Cl)SC(=S)N1c1ccccc1. The molecular formula is C23H15Cl2NO2S2. The van der Waals surface area contributed by atoms with Crippen LogP contribution in [-0.2, 0) is 11.4 Å². The summed E-state index contributed by atoms with van der Waals surface area (Å²) < 4.78 is 6.49. The molecule has 0 radical (unpaired) electrons. The lowest BCUT2D eigenvalue weighted by Crippen LogP contribution is -2.27. The molecule has 30 heavy (non-hydrogen) atoms. The van der Waals surface area contributed by atoms with Crippen LogP contribution in [0.5, 0.6) is 5.75 Å². The second-order valence-electron chi connectivity index (χ2n) is 6.41. The minimum atomic E-state index is -0.147. The Kier molecular flexibility index (Phi) is 6.44. The molecule has 0 unspecified atom stereocenters. The molecule has 3 nitrogen and oxygen atoms in total. The standard InChI is InChI=1S/C23H15Cl2NO2S2/c24-17-11-10-16(19(25)13-17)14-28-20-9-5-4-6-15(20)12-21-22(27)26(23(29)30-21)18-7-2-1-3-8-18/h1-13H,14H2/b21-12-. The maximum atomic E-state index is 13.0. The number of carbonyl (C=O) groups excluding carboxylic acids is 1. The summed E-state index contributed by atoms with van der Waals surface area (Å²) in [6.07, 6.45) is 1.81. The molecule has 0 aliphatic carbocycles. The molecule has 0 spiro atoms. The summed E-state index contributed by atoms with van der Waals surface area (Å²) in [6, 6.07) is 22.2. The van der Waals surface area contributed by atoms with Gasteiger partial charge < -0.3 is 4.74 Å². The Hall–Kier alpha value is -2.31. The van der Waals surface area contributed by atoms with E-state index in [0.717, 1.165) is 16.8 Å². The van der Waals surface area contributed by atoms with Crippen molar-refractivity contribution in [1.82, 2.24) is 0 Å². The van der Waals surface area contributed by atoms with Crippen LogP contribution in [0.2, 0.25) is 10.0 Å². The number of anilines is 1. The first-order chi connectivity index (χ1) is 14.5. The average Bonchev–Trinajstić information content (AvgIpc) is 3.02. The molecule has 0 bridgehead atoms. The van der Waals surface area contributed by atoms with E-state index in [1.54, 1.807) is 23.1 Å². The monoisotopic (exact) mass is 471 g/mol. The van der Waals surface area contributed by atoms with Crippen molar-refractivity contribution in [2.24, 2.45) is 0 Å². The van der Waals surface area contributed by atoms with Gasteiger partial charge in [-0.1, -0.05) is 89.6 Å². The first-order valence-electron chi connectivity index (χ1n) is 9.02. The molecule has 0 aromatic heterocycles. The van der Waals surface area contributed by atoms with Gasteiger partial charge in [-0.2, -0.15) is 0 Å². The molecule has 0 N–H and O–H groups in total. The van der Waals surface area contributed by atoms with Gasteiger partial charge in [-0.25, -0.2) is 0 Å². The number of hydrogen-bond donors (Lipinski definition) is 0. The van der Waals surface area contributed by atoms with Gasteiger partial charge in [0.05, 0.1) is 10.6 Å². The van der Waals surface area contributed by atoms with Crippen molar-refractivity contribution >= 4 is 69.2 Å². The van der Waals surface area contributed by atoms with E-state index in [1.165, 1.54) is 11.8 Å². The van der Waals surface area contributed by atoms with Crippen LogP contribution in [0.3, 0.4) is 0 Å². The van der Waals surface area contributed by atoms with E-state index in [1.807, 2.05) is 60.7 Å². The van der Waals surface area contributed by atoms with Crippen LogP contribution in [0.4, 0.5) is 5.69 Å². The minimum absolute atomic E-state index is 0.147. The van der Waals surface area contributed by atoms with Crippen LogP contribution in [0.25, 0.3) is 6.08 Å². The Bertz CT molecular complexity index is 1150. The highest BCUT2D eigenvalue weighted by Gasteiger charge is 2.33. The number of thioether (sulfide) groups is 1. The van der Waals surface area contributed by atoms with Crippen molar-refractivity contribution in [3.63, 3.8) is 0 Å². The number of para-hydroxylation sites is 2. The molecule has 0 atom stereocenters. The first-order valence-corrected chi connectivity index (χ1v) is 11.0. The molecule has 1 saturated heterocycles. The van der Waals surface area contributed by atoms with Gasteiger partial charge in [-0.3, -0.25) is 9.69 Å². The number of amides is 1. The van der Waals surface area contributed by atoms with Crippen molar-refractivity contribution in [1.29, 1.82) is 0 Å². The van der Waals surface area contributed by atoms with Gasteiger partial charge in [-0.05, 0) is 36.4 Å². The smallest absolute Gasteiger partial charge is 0.270 e. The van der Waals surface area contributed by atoms with E-state index in [2.05, 4.69) is 0 Å². The molecule has 1 fully saturated rings. The fraction of sp³-hybridized carbons (Fsp3) is 0.0435. The maximum Gasteiger partial charge on any atom is 0.270 e. The maximum absolute atomic E-state index is 13.0. The third-order valence-electron chi connectivity index (χ3n) is 4.41. The molecule has 1 aliphatic heterocycles. The minimum Gasteiger partial charge on any atom is -0.488 e.